The minimum Gasteiger partial charge on any atom is -0.291 e. The van der Waals surface area contributed by atoms with Crippen LogP contribution in [0.3, 0.4) is 0 Å². The van der Waals surface area contributed by atoms with Crippen molar-refractivity contribution < 1.29 is 0 Å². The summed E-state index contributed by atoms with van der Waals surface area (Å²) in [7, 11) is 0. The van der Waals surface area contributed by atoms with Gasteiger partial charge in [-0.1, -0.05) is 121 Å². The fourth-order valence-corrected chi connectivity index (χ4v) is 4.48. The number of fused-ring (bicyclic) bond motifs is 1. The minimum absolute atomic E-state index is 0.688. The zero-order valence-electron chi connectivity index (χ0n) is 17.2. The highest BCUT2D eigenvalue weighted by Gasteiger charge is 2.41. The average Bonchev–Trinajstić information content (AvgIpc) is 2.86. The fraction of sp³-hybridized carbons (Fsp3) is 0.0345. The smallest absolute Gasteiger partial charge is 0.131 e. The van der Waals surface area contributed by atoms with E-state index in [-0.39, 0.29) is 0 Å². The molecule has 2 N–H and O–H groups in total. The summed E-state index contributed by atoms with van der Waals surface area (Å²) in [6, 6.07) is 46.3. The summed E-state index contributed by atoms with van der Waals surface area (Å²) in [6.45, 7) is 0. The van der Waals surface area contributed by atoms with Crippen molar-refractivity contribution in [2.75, 3.05) is 5.01 Å². The van der Waals surface area contributed by atoms with E-state index in [0.29, 0.717) is 0 Å². The van der Waals surface area contributed by atoms with E-state index in [1.807, 2.05) is 23.2 Å². The van der Waals surface area contributed by atoms with Crippen molar-refractivity contribution in [3.8, 4) is 0 Å². The molecule has 5 rings (SSSR count). The van der Waals surface area contributed by atoms with Gasteiger partial charge in [-0.2, -0.15) is 0 Å². The number of hydrazine groups is 1. The van der Waals surface area contributed by atoms with Crippen LogP contribution in [0.4, 0.5) is 5.69 Å². The standard InChI is InChI=1S/C29H24N2/c30-31(28-21-20-23-12-10-11-13-24(23)22-28)29(25-14-4-1-5-15-25,26-16-6-2-7-17-26)27-18-8-3-9-19-27/h1-22H,30H2. The SMILES string of the molecule is NN(c1ccc2ccccc2c1)C(c1ccccc1)(c1ccccc1)c1ccccc1. The molecule has 0 fully saturated rings. The first-order chi connectivity index (χ1) is 15.3. The van der Waals surface area contributed by atoms with E-state index in [1.165, 1.54) is 10.8 Å². The van der Waals surface area contributed by atoms with Crippen molar-refractivity contribution in [1.29, 1.82) is 0 Å². The van der Waals surface area contributed by atoms with Gasteiger partial charge in [0.2, 0.25) is 0 Å². The Morgan fingerprint density at radius 2 is 0.871 bits per heavy atom. The highest BCUT2D eigenvalue weighted by atomic mass is 15.4. The fourth-order valence-electron chi connectivity index (χ4n) is 4.48. The van der Waals surface area contributed by atoms with Crippen LogP contribution < -0.4 is 10.9 Å². The predicted molar refractivity (Wildman–Crippen MR) is 130 cm³/mol. The molecule has 2 heteroatoms. The molecule has 0 aliphatic carbocycles. The zero-order chi connectivity index (χ0) is 21.1. The molecule has 0 saturated carbocycles. The predicted octanol–water partition coefficient (Wildman–Crippen LogP) is 6.51. The van der Waals surface area contributed by atoms with Crippen molar-refractivity contribution >= 4 is 16.5 Å². The van der Waals surface area contributed by atoms with Crippen LogP contribution in [0.5, 0.6) is 0 Å². The highest BCUT2D eigenvalue weighted by molar-refractivity contribution is 5.86. The molecule has 0 aromatic heterocycles. The third-order valence-electron chi connectivity index (χ3n) is 5.95. The van der Waals surface area contributed by atoms with Gasteiger partial charge in [-0.05, 0) is 39.6 Å². The van der Waals surface area contributed by atoms with Crippen LogP contribution in [-0.2, 0) is 5.54 Å². The number of benzene rings is 5. The monoisotopic (exact) mass is 400 g/mol. The molecule has 31 heavy (non-hydrogen) atoms. The third-order valence-corrected chi connectivity index (χ3v) is 5.95. The van der Waals surface area contributed by atoms with E-state index in [9.17, 15) is 0 Å². The molecule has 0 saturated heterocycles. The van der Waals surface area contributed by atoms with Gasteiger partial charge in [-0.3, -0.25) is 5.01 Å². The number of hydrogen-bond acceptors (Lipinski definition) is 2. The average molecular weight is 401 g/mol. The normalized spacial score (nSPS) is 11.4. The van der Waals surface area contributed by atoms with Crippen LogP contribution in [0.1, 0.15) is 16.7 Å². The molecule has 0 unspecified atom stereocenters. The molecule has 0 heterocycles. The van der Waals surface area contributed by atoms with E-state index in [2.05, 4.69) is 115 Å². The second-order valence-corrected chi connectivity index (χ2v) is 7.71. The maximum absolute atomic E-state index is 7.09. The Hall–Kier alpha value is -3.88. The zero-order valence-corrected chi connectivity index (χ0v) is 17.2. The Morgan fingerprint density at radius 1 is 0.452 bits per heavy atom. The molecular weight excluding hydrogens is 376 g/mol. The molecule has 150 valence electrons. The van der Waals surface area contributed by atoms with Crippen LogP contribution in [0.2, 0.25) is 0 Å². The van der Waals surface area contributed by atoms with Gasteiger partial charge < -0.3 is 0 Å². The van der Waals surface area contributed by atoms with Crippen LogP contribution in [-0.4, -0.2) is 0 Å². The Morgan fingerprint density at radius 3 is 1.35 bits per heavy atom. The highest BCUT2D eigenvalue weighted by Crippen LogP contribution is 2.43. The van der Waals surface area contributed by atoms with Crippen molar-refractivity contribution in [2.24, 2.45) is 5.84 Å². The van der Waals surface area contributed by atoms with Crippen molar-refractivity contribution in [3.05, 3.63) is 150 Å². The summed E-state index contributed by atoms with van der Waals surface area (Å²) in [5.74, 6) is 7.09. The quantitative estimate of drug-likeness (QED) is 0.207. The summed E-state index contributed by atoms with van der Waals surface area (Å²) in [5.41, 5.74) is 3.61. The molecule has 0 bridgehead atoms. The molecule has 5 aromatic carbocycles. The van der Waals surface area contributed by atoms with Crippen LogP contribution in [0.25, 0.3) is 10.8 Å². The first-order valence-electron chi connectivity index (χ1n) is 10.5. The summed E-state index contributed by atoms with van der Waals surface area (Å²) >= 11 is 0. The van der Waals surface area contributed by atoms with Crippen molar-refractivity contribution in [3.63, 3.8) is 0 Å². The second kappa shape index (κ2) is 8.10. The van der Waals surface area contributed by atoms with Gasteiger partial charge >= 0.3 is 0 Å². The number of nitrogens with zero attached hydrogens (tertiary/aromatic N) is 1. The number of rotatable bonds is 5. The lowest BCUT2D eigenvalue weighted by molar-refractivity contribution is 0.572. The largest absolute Gasteiger partial charge is 0.291 e. The molecule has 2 nitrogen and oxygen atoms in total. The van der Waals surface area contributed by atoms with Gasteiger partial charge in [0.15, 0.2) is 0 Å². The number of nitrogens with two attached hydrogens (primary N) is 1. The lowest BCUT2D eigenvalue weighted by Crippen LogP contribution is -2.52. The van der Waals surface area contributed by atoms with Crippen LogP contribution >= 0.6 is 0 Å². The maximum atomic E-state index is 7.09. The number of hydrogen-bond donors (Lipinski definition) is 1. The Balaban J connectivity index is 1.82. The van der Waals surface area contributed by atoms with Crippen LogP contribution in [0.15, 0.2) is 133 Å². The summed E-state index contributed by atoms with van der Waals surface area (Å²) in [4.78, 5) is 0. The second-order valence-electron chi connectivity index (χ2n) is 7.71. The lowest BCUT2D eigenvalue weighted by atomic mass is 9.76. The summed E-state index contributed by atoms with van der Waals surface area (Å²) in [6.07, 6.45) is 0. The Kier molecular flexibility index (Phi) is 4.99. The van der Waals surface area contributed by atoms with Gasteiger partial charge in [0, 0.05) is 0 Å². The molecule has 0 atom stereocenters. The maximum Gasteiger partial charge on any atom is 0.131 e. The summed E-state index contributed by atoms with van der Waals surface area (Å²) < 4.78 is 0. The molecule has 0 spiro atoms. The topological polar surface area (TPSA) is 29.3 Å². The van der Waals surface area contributed by atoms with E-state index < -0.39 is 5.54 Å². The first kappa shape index (κ1) is 19.1. The molecule has 5 aromatic rings. The van der Waals surface area contributed by atoms with Gasteiger partial charge in [-0.15, -0.1) is 0 Å². The van der Waals surface area contributed by atoms with Crippen molar-refractivity contribution in [2.45, 2.75) is 5.54 Å². The van der Waals surface area contributed by atoms with E-state index >= 15 is 0 Å². The third kappa shape index (κ3) is 3.27. The van der Waals surface area contributed by atoms with E-state index in [1.54, 1.807) is 0 Å². The van der Waals surface area contributed by atoms with Gasteiger partial charge in [0.1, 0.15) is 5.54 Å². The first-order valence-corrected chi connectivity index (χ1v) is 10.5. The summed E-state index contributed by atoms with van der Waals surface area (Å²) in [5, 5.41) is 4.28. The van der Waals surface area contributed by atoms with Gasteiger partial charge in [-0.25, -0.2) is 5.84 Å². The van der Waals surface area contributed by atoms with Gasteiger partial charge in [0.25, 0.3) is 0 Å². The van der Waals surface area contributed by atoms with E-state index in [4.69, 9.17) is 5.84 Å². The molecule has 0 radical (unpaired) electrons. The lowest BCUT2D eigenvalue weighted by Gasteiger charge is -2.44. The molecule has 0 aliphatic heterocycles. The minimum atomic E-state index is -0.688. The van der Waals surface area contributed by atoms with Gasteiger partial charge in [0.05, 0.1) is 5.69 Å². The Bertz CT molecular complexity index is 1190. The van der Waals surface area contributed by atoms with Crippen LogP contribution in [0, 0.1) is 0 Å². The Labute approximate surface area is 183 Å². The number of anilines is 1. The van der Waals surface area contributed by atoms with E-state index in [0.717, 1.165) is 22.4 Å². The molecule has 0 amide bonds. The molecular formula is C29H24N2. The van der Waals surface area contributed by atoms with Crippen molar-refractivity contribution in [1.82, 2.24) is 0 Å². The molecule has 0 aliphatic rings.